The monoisotopic (exact) mass is 241 g/mol. The second-order valence-electron chi connectivity index (χ2n) is 4.09. The summed E-state index contributed by atoms with van der Waals surface area (Å²) in [6.07, 6.45) is 0. The van der Waals surface area contributed by atoms with E-state index in [0.29, 0.717) is 0 Å². The molecule has 0 aliphatic heterocycles. The lowest BCUT2D eigenvalue weighted by molar-refractivity contribution is -0.0147. The van der Waals surface area contributed by atoms with Gasteiger partial charge in [0, 0.05) is 13.7 Å². The number of ether oxygens (including phenoxy) is 1. The van der Waals surface area contributed by atoms with Gasteiger partial charge in [0.25, 0.3) is 5.91 Å². The fraction of sp³-hybridized carbons (Fsp3) is 0.417. The van der Waals surface area contributed by atoms with Crippen LogP contribution >= 0.6 is 0 Å². The van der Waals surface area contributed by atoms with Crippen LogP contribution in [0, 0.1) is 5.82 Å². The third-order valence-corrected chi connectivity index (χ3v) is 2.20. The highest BCUT2D eigenvalue weighted by atomic mass is 19.1. The maximum atomic E-state index is 13.3. The molecule has 0 spiro atoms. The molecular formula is C12H16FNO3. The van der Waals surface area contributed by atoms with Crippen molar-refractivity contribution in [3.05, 3.63) is 35.6 Å². The summed E-state index contributed by atoms with van der Waals surface area (Å²) in [6.45, 7) is 1.61. The number of hydrogen-bond acceptors (Lipinski definition) is 3. The summed E-state index contributed by atoms with van der Waals surface area (Å²) in [4.78, 5) is 11.6. The summed E-state index contributed by atoms with van der Waals surface area (Å²) in [5.41, 5.74) is -1.21. The molecule has 0 aromatic heterocycles. The molecule has 1 aromatic carbocycles. The van der Waals surface area contributed by atoms with Gasteiger partial charge in [-0.3, -0.25) is 4.79 Å². The zero-order valence-corrected chi connectivity index (χ0v) is 9.87. The van der Waals surface area contributed by atoms with E-state index in [1.165, 1.54) is 32.2 Å². The topological polar surface area (TPSA) is 58.6 Å². The summed E-state index contributed by atoms with van der Waals surface area (Å²) in [5, 5.41) is 12.2. The number of methoxy groups -OCH3 is 1. The zero-order valence-electron chi connectivity index (χ0n) is 9.87. The zero-order chi connectivity index (χ0) is 12.9. The van der Waals surface area contributed by atoms with E-state index in [0.717, 1.165) is 0 Å². The summed E-state index contributed by atoms with van der Waals surface area (Å²) in [7, 11) is 1.45. The molecule has 1 aromatic rings. The maximum Gasteiger partial charge on any atom is 0.254 e. The standard InChI is InChI=1S/C12H16FNO3/c1-12(16,8-17-2)7-14-11(15)9-5-3-4-6-10(9)13/h3-6,16H,7-8H2,1-2H3,(H,14,15). The van der Waals surface area contributed by atoms with E-state index in [1.807, 2.05) is 0 Å². The minimum absolute atomic E-state index is 0.00594. The smallest absolute Gasteiger partial charge is 0.254 e. The Hall–Kier alpha value is -1.46. The van der Waals surface area contributed by atoms with Crippen LogP contribution in [0.5, 0.6) is 0 Å². The van der Waals surface area contributed by atoms with Gasteiger partial charge in [-0.15, -0.1) is 0 Å². The molecule has 94 valence electrons. The highest BCUT2D eigenvalue weighted by molar-refractivity contribution is 5.94. The predicted octanol–water partition coefficient (Wildman–Crippen LogP) is 0.953. The molecule has 2 N–H and O–H groups in total. The molecule has 0 fully saturated rings. The minimum Gasteiger partial charge on any atom is -0.386 e. The quantitative estimate of drug-likeness (QED) is 0.807. The van der Waals surface area contributed by atoms with Crippen molar-refractivity contribution in [2.45, 2.75) is 12.5 Å². The van der Waals surface area contributed by atoms with Crippen molar-refractivity contribution in [2.75, 3.05) is 20.3 Å². The van der Waals surface area contributed by atoms with Gasteiger partial charge in [0.1, 0.15) is 11.4 Å². The Bertz CT molecular complexity index is 393. The van der Waals surface area contributed by atoms with Gasteiger partial charge in [-0.2, -0.15) is 0 Å². The molecule has 1 rings (SSSR count). The number of nitrogens with one attached hydrogen (secondary N) is 1. The van der Waals surface area contributed by atoms with E-state index >= 15 is 0 Å². The summed E-state index contributed by atoms with van der Waals surface area (Å²) in [6, 6.07) is 5.68. The number of amides is 1. The molecule has 0 saturated carbocycles. The van der Waals surface area contributed by atoms with E-state index < -0.39 is 17.3 Å². The van der Waals surface area contributed by atoms with Crippen LogP contribution < -0.4 is 5.32 Å². The van der Waals surface area contributed by atoms with E-state index in [2.05, 4.69) is 5.32 Å². The van der Waals surface area contributed by atoms with Gasteiger partial charge in [-0.1, -0.05) is 12.1 Å². The van der Waals surface area contributed by atoms with Gasteiger partial charge in [-0.05, 0) is 19.1 Å². The summed E-state index contributed by atoms with van der Waals surface area (Å²) in [5.74, 6) is -1.14. The minimum atomic E-state index is -1.17. The van der Waals surface area contributed by atoms with Gasteiger partial charge in [-0.25, -0.2) is 4.39 Å². The predicted molar refractivity (Wildman–Crippen MR) is 61.2 cm³/mol. The van der Waals surface area contributed by atoms with Gasteiger partial charge >= 0.3 is 0 Å². The van der Waals surface area contributed by atoms with Gasteiger partial charge in [0.2, 0.25) is 0 Å². The molecule has 0 heterocycles. The largest absolute Gasteiger partial charge is 0.386 e. The molecule has 5 heteroatoms. The van der Waals surface area contributed by atoms with E-state index in [1.54, 1.807) is 6.07 Å². The Morgan fingerprint density at radius 1 is 1.53 bits per heavy atom. The highest BCUT2D eigenvalue weighted by Gasteiger charge is 2.22. The van der Waals surface area contributed by atoms with Crippen LogP contribution in [0.1, 0.15) is 17.3 Å². The lowest BCUT2D eigenvalue weighted by Gasteiger charge is -2.22. The number of aliphatic hydroxyl groups is 1. The van der Waals surface area contributed by atoms with E-state index in [4.69, 9.17) is 4.74 Å². The molecule has 1 amide bonds. The number of carbonyl (C=O) groups excluding carboxylic acids is 1. The molecule has 0 aliphatic rings. The average molecular weight is 241 g/mol. The van der Waals surface area contributed by atoms with E-state index in [9.17, 15) is 14.3 Å². The van der Waals surface area contributed by atoms with Crippen molar-refractivity contribution in [2.24, 2.45) is 0 Å². The first kappa shape index (κ1) is 13.6. The number of hydrogen-bond donors (Lipinski definition) is 2. The van der Waals surface area contributed by atoms with Crippen LogP contribution in [-0.4, -0.2) is 36.9 Å². The number of carbonyl (C=O) groups is 1. The second-order valence-corrected chi connectivity index (χ2v) is 4.09. The number of rotatable bonds is 5. The fourth-order valence-electron chi connectivity index (χ4n) is 1.37. The van der Waals surface area contributed by atoms with Gasteiger partial charge in [0.15, 0.2) is 0 Å². The van der Waals surface area contributed by atoms with Crippen LogP contribution in [0.15, 0.2) is 24.3 Å². The van der Waals surface area contributed by atoms with E-state index in [-0.39, 0.29) is 18.7 Å². The van der Waals surface area contributed by atoms with Crippen LogP contribution in [0.25, 0.3) is 0 Å². The summed E-state index contributed by atoms with van der Waals surface area (Å²) < 4.78 is 18.1. The van der Waals surface area contributed by atoms with Crippen LogP contribution in [0.3, 0.4) is 0 Å². The number of halogens is 1. The molecule has 1 unspecified atom stereocenters. The van der Waals surface area contributed by atoms with Crippen molar-refractivity contribution in [1.82, 2.24) is 5.32 Å². The molecular weight excluding hydrogens is 225 g/mol. The molecule has 0 saturated heterocycles. The van der Waals surface area contributed by atoms with Crippen LogP contribution in [0.4, 0.5) is 4.39 Å². The molecule has 0 bridgehead atoms. The Morgan fingerprint density at radius 2 is 2.18 bits per heavy atom. The molecule has 1 atom stereocenters. The SMILES string of the molecule is COCC(C)(O)CNC(=O)c1ccccc1F. The normalized spacial score (nSPS) is 14.1. The first-order valence-corrected chi connectivity index (χ1v) is 5.20. The first-order chi connectivity index (χ1) is 7.96. The Balaban J connectivity index is 2.59. The summed E-state index contributed by atoms with van der Waals surface area (Å²) >= 11 is 0. The Labute approximate surface area is 99.4 Å². The van der Waals surface area contributed by atoms with Crippen LogP contribution in [-0.2, 0) is 4.74 Å². The Morgan fingerprint density at radius 3 is 2.76 bits per heavy atom. The average Bonchev–Trinajstić information content (AvgIpc) is 2.27. The lowest BCUT2D eigenvalue weighted by atomic mass is 10.1. The highest BCUT2D eigenvalue weighted by Crippen LogP contribution is 2.07. The van der Waals surface area contributed by atoms with Crippen molar-refractivity contribution in [1.29, 1.82) is 0 Å². The molecule has 4 nitrogen and oxygen atoms in total. The van der Waals surface area contributed by atoms with Gasteiger partial charge < -0.3 is 15.2 Å². The van der Waals surface area contributed by atoms with Crippen molar-refractivity contribution >= 4 is 5.91 Å². The Kier molecular flexibility index (Phi) is 4.60. The third kappa shape index (κ3) is 4.13. The lowest BCUT2D eigenvalue weighted by Crippen LogP contribution is -2.43. The third-order valence-electron chi connectivity index (χ3n) is 2.20. The number of benzene rings is 1. The van der Waals surface area contributed by atoms with Gasteiger partial charge in [0.05, 0.1) is 12.2 Å². The van der Waals surface area contributed by atoms with Crippen molar-refractivity contribution in [3.63, 3.8) is 0 Å². The molecule has 17 heavy (non-hydrogen) atoms. The second kappa shape index (κ2) is 5.75. The van der Waals surface area contributed by atoms with Crippen molar-refractivity contribution < 1.29 is 19.0 Å². The molecule has 0 radical (unpaired) electrons. The maximum absolute atomic E-state index is 13.3. The van der Waals surface area contributed by atoms with Crippen molar-refractivity contribution in [3.8, 4) is 0 Å². The first-order valence-electron chi connectivity index (χ1n) is 5.20. The fourth-order valence-corrected chi connectivity index (χ4v) is 1.37. The van der Waals surface area contributed by atoms with Crippen LogP contribution in [0.2, 0.25) is 0 Å². The molecule has 0 aliphatic carbocycles.